The van der Waals surface area contributed by atoms with E-state index in [-0.39, 0.29) is 25.3 Å². The van der Waals surface area contributed by atoms with E-state index in [1.807, 2.05) is 0 Å². The normalized spacial score (nSPS) is 18.8. The van der Waals surface area contributed by atoms with E-state index in [1.54, 1.807) is 0 Å². The first-order chi connectivity index (χ1) is 9.54. The summed E-state index contributed by atoms with van der Waals surface area (Å²) in [6.07, 6.45) is 0. The lowest BCUT2D eigenvalue weighted by Gasteiger charge is -2.33. The molecule has 0 bridgehead atoms. The zero-order valence-corrected chi connectivity index (χ0v) is 10.8. The van der Waals surface area contributed by atoms with E-state index < -0.39 is 29.6 Å². The standard InChI is InChI=1S/C13H13F2NO4/c1-19-13(18)11-7-20-5-4-16(11)12(17)9-3-2-8(14)6-10(9)15/h2-3,6,11H,4-5,7H2,1H3. The van der Waals surface area contributed by atoms with E-state index in [4.69, 9.17) is 4.74 Å². The number of halogens is 2. The summed E-state index contributed by atoms with van der Waals surface area (Å²) in [5.41, 5.74) is -0.290. The van der Waals surface area contributed by atoms with E-state index in [9.17, 15) is 18.4 Å². The molecular formula is C13H13F2NO4. The van der Waals surface area contributed by atoms with Crippen molar-refractivity contribution >= 4 is 11.9 Å². The first kappa shape index (κ1) is 14.4. The minimum atomic E-state index is -0.967. The molecule has 1 atom stereocenters. The van der Waals surface area contributed by atoms with E-state index in [1.165, 1.54) is 12.0 Å². The van der Waals surface area contributed by atoms with E-state index in [0.29, 0.717) is 6.07 Å². The number of nitrogens with zero attached hydrogens (tertiary/aromatic N) is 1. The van der Waals surface area contributed by atoms with Gasteiger partial charge in [0.1, 0.15) is 11.6 Å². The molecule has 1 aliphatic rings. The average Bonchev–Trinajstić information content (AvgIpc) is 2.46. The van der Waals surface area contributed by atoms with Crippen LogP contribution in [0.2, 0.25) is 0 Å². The van der Waals surface area contributed by atoms with Crippen molar-refractivity contribution in [1.29, 1.82) is 0 Å². The Balaban J connectivity index is 2.27. The molecule has 0 spiro atoms. The summed E-state index contributed by atoms with van der Waals surface area (Å²) in [6, 6.07) is 1.74. The summed E-state index contributed by atoms with van der Waals surface area (Å²) in [4.78, 5) is 25.0. The predicted octanol–water partition coefficient (Wildman–Crippen LogP) is 0.979. The summed E-state index contributed by atoms with van der Waals surface area (Å²) in [5, 5.41) is 0. The molecule has 0 saturated carbocycles. The lowest BCUT2D eigenvalue weighted by molar-refractivity contribution is -0.151. The zero-order chi connectivity index (χ0) is 14.7. The number of ether oxygens (including phenoxy) is 2. The zero-order valence-electron chi connectivity index (χ0n) is 10.8. The molecule has 1 aromatic carbocycles. The lowest BCUT2D eigenvalue weighted by Crippen LogP contribution is -2.53. The Morgan fingerprint density at radius 2 is 2.15 bits per heavy atom. The Morgan fingerprint density at radius 1 is 1.40 bits per heavy atom. The summed E-state index contributed by atoms with van der Waals surface area (Å²) in [5.74, 6) is -3.07. The summed E-state index contributed by atoms with van der Waals surface area (Å²) < 4.78 is 36.2. The van der Waals surface area contributed by atoms with Crippen LogP contribution in [0.25, 0.3) is 0 Å². The Kier molecular flexibility index (Phi) is 4.29. The predicted molar refractivity (Wildman–Crippen MR) is 64.0 cm³/mol. The fourth-order valence-corrected chi connectivity index (χ4v) is 2.00. The minimum Gasteiger partial charge on any atom is -0.467 e. The smallest absolute Gasteiger partial charge is 0.331 e. The van der Waals surface area contributed by atoms with Gasteiger partial charge in [-0.05, 0) is 12.1 Å². The van der Waals surface area contributed by atoms with Crippen molar-refractivity contribution in [2.45, 2.75) is 6.04 Å². The first-order valence-corrected chi connectivity index (χ1v) is 5.96. The van der Waals surface area contributed by atoms with Crippen molar-refractivity contribution in [1.82, 2.24) is 4.90 Å². The van der Waals surface area contributed by atoms with Crippen LogP contribution in [0.1, 0.15) is 10.4 Å². The summed E-state index contributed by atoms with van der Waals surface area (Å²) in [6.45, 7) is 0.360. The third-order valence-corrected chi connectivity index (χ3v) is 3.02. The second-order valence-corrected chi connectivity index (χ2v) is 4.24. The van der Waals surface area contributed by atoms with Gasteiger partial charge in [0.25, 0.3) is 5.91 Å². The number of carbonyl (C=O) groups excluding carboxylic acids is 2. The van der Waals surface area contributed by atoms with Crippen LogP contribution >= 0.6 is 0 Å². The molecule has 1 aliphatic heterocycles. The molecule has 0 radical (unpaired) electrons. The van der Waals surface area contributed by atoms with Crippen LogP contribution < -0.4 is 0 Å². The number of hydrogen-bond donors (Lipinski definition) is 0. The van der Waals surface area contributed by atoms with Crippen LogP contribution in [0.15, 0.2) is 18.2 Å². The SMILES string of the molecule is COC(=O)C1COCCN1C(=O)c1ccc(F)cc1F. The Labute approximate surface area is 114 Å². The molecule has 1 unspecified atom stereocenters. The molecule has 5 nitrogen and oxygen atoms in total. The van der Waals surface area contributed by atoms with Crippen molar-refractivity contribution in [3.05, 3.63) is 35.4 Å². The lowest BCUT2D eigenvalue weighted by atomic mass is 10.1. The highest BCUT2D eigenvalue weighted by Gasteiger charge is 2.35. The summed E-state index contributed by atoms with van der Waals surface area (Å²) in [7, 11) is 1.19. The van der Waals surface area contributed by atoms with Gasteiger partial charge in [-0.15, -0.1) is 0 Å². The van der Waals surface area contributed by atoms with Crippen LogP contribution in [-0.2, 0) is 14.3 Å². The number of morpholine rings is 1. The Morgan fingerprint density at radius 3 is 2.80 bits per heavy atom. The van der Waals surface area contributed by atoms with Crippen LogP contribution in [0, 0.1) is 11.6 Å². The van der Waals surface area contributed by atoms with E-state index >= 15 is 0 Å². The monoisotopic (exact) mass is 285 g/mol. The fourth-order valence-electron chi connectivity index (χ4n) is 2.00. The van der Waals surface area contributed by atoms with Crippen molar-refractivity contribution in [2.75, 3.05) is 26.9 Å². The largest absolute Gasteiger partial charge is 0.467 e. The Bertz CT molecular complexity index is 535. The molecule has 7 heteroatoms. The molecule has 1 amide bonds. The average molecular weight is 285 g/mol. The topological polar surface area (TPSA) is 55.8 Å². The maximum atomic E-state index is 13.6. The van der Waals surface area contributed by atoms with Crippen LogP contribution in [0.4, 0.5) is 8.78 Å². The van der Waals surface area contributed by atoms with Crippen molar-refractivity contribution in [3.63, 3.8) is 0 Å². The number of methoxy groups -OCH3 is 1. The molecule has 20 heavy (non-hydrogen) atoms. The number of amides is 1. The van der Waals surface area contributed by atoms with Gasteiger partial charge < -0.3 is 14.4 Å². The molecule has 1 saturated heterocycles. The van der Waals surface area contributed by atoms with Gasteiger partial charge in [0, 0.05) is 12.6 Å². The van der Waals surface area contributed by atoms with Gasteiger partial charge in [0.15, 0.2) is 6.04 Å². The van der Waals surface area contributed by atoms with Gasteiger partial charge in [-0.3, -0.25) is 4.79 Å². The van der Waals surface area contributed by atoms with E-state index in [2.05, 4.69) is 4.74 Å². The molecule has 0 N–H and O–H groups in total. The van der Waals surface area contributed by atoms with Crippen LogP contribution in [0.3, 0.4) is 0 Å². The van der Waals surface area contributed by atoms with Gasteiger partial charge in [0.05, 0.1) is 25.9 Å². The van der Waals surface area contributed by atoms with Gasteiger partial charge >= 0.3 is 5.97 Å². The molecule has 1 fully saturated rings. The molecule has 108 valence electrons. The highest BCUT2D eigenvalue weighted by molar-refractivity contribution is 5.97. The second-order valence-electron chi connectivity index (χ2n) is 4.24. The maximum absolute atomic E-state index is 13.6. The highest BCUT2D eigenvalue weighted by Crippen LogP contribution is 2.17. The molecule has 2 rings (SSSR count). The number of esters is 1. The van der Waals surface area contributed by atoms with Crippen molar-refractivity contribution in [3.8, 4) is 0 Å². The van der Waals surface area contributed by atoms with Crippen molar-refractivity contribution in [2.24, 2.45) is 0 Å². The van der Waals surface area contributed by atoms with Gasteiger partial charge in [0.2, 0.25) is 0 Å². The first-order valence-electron chi connectivity index (χ1n) is 5.96. The molecule has 0 aromatic heterocycles. The van der Waals surface area contributed by atoms with Gasteiger partial charge in [-0.1, -0.05) is 0 Å². The number of hydrogen-bond acceptors (Lipinski definition) is 4. The van der Waals surface area contributed by atoms with E-state index in [0.717, 1.165) is 12.1 Å². The number of rotatable bonds is 2. The third-order valence-electron chi connectivity index (χ3n) is 3.02. The van der Waals surface area contributed by atoms with Gasteiger partial charge in [-0.2, -0.15) is 0 Å². The number of benzene rings is 1. The van der Waals surface area contributed by atoms with Crippen molar-refractivity contribution < 1.29 is 27.8 Å². The molecular weight excluding hydrogens is 272 g/mol. The number of carbonyl (C=O) groups is 2. The minimum absolute atomic E-state index is 0.0127. The highest BCUT2D eigenvalue weighted by atomic mass is 19.1. The summed E-state index contributed by atoms with van der Waals surface area (Å²) >= 11 is 0. The molecule has 1 heterocycles. The van der Waals surface area contributed by atoms with Gasteiger partial charge in [-0.25, -0.2) is 13.6 Å². The van der Waals surface area contributed by atoms with Crippen LogP contribution in [0.5, 0.6) is 0 Å². The molecule has 1 aromatic rings. The molecule has 0 aliphatic carbocycles. The Hall–Kier alpha value is -2.02. The quantitative estimate of drug-likeness (QED) is 0.760. The van der Waals surface area contributed by atoms with Crippen LogP contribution in [-0.4, -0.2) is 49.7 Å². The third kappa shape index (κ3) is 2.77. The maximum Gasteiger partial charge on any atom is 0.331 e. The second kappa shape index (κ2) is 5.96. The fraction of sp³-hybridized carbons (Fsp3) is 0.385.